The molecule has 11 nitrogen and oxygen atoms in total. The molecule has 2 aromatic rings. The van der Waals surface area contributed by atoms with E-state index in [-0.39, 0.29) is 18.1 Å². The minimum absolute atomic E-state index is 0.0773. The van der Waals surface area contributed by atoms with E-state index in [0.717, 1.165) is 38.4 Å². The molecular formula is C23H35N9O2S. The number of aromatic nitrogens is 5. The first kappa shape index (κ1) is 24.3. The topological polar surface area (TPSA) is 121 Å². The van der Waals surface area contributed by atoms with Gasteiger partial charge < -0.3 is 20.3 Å². The predicted molar refractivity (Wildman–Crippen MR) is 135 cm³/mol. The van der Waals surface area contributed by atoms with Crippen LogP contribution in [0.5, 0.6) is 0 Å². The molecule has 35 heavy (non-hydrogen) atoms. The number of nitrogens with one attached hydrogen (secondary N) is 2. The number of anilines is 3. The molecule has 0 radical (unpaired) electrons. The fourth-order valence-corrected chi connectivity index (χ4v) is 6.04. The van der Waals surface area contributed by atoms with Crippen LogP contribution in [0.1, 0.15) is 52.4 Å². The molecule has 3 fully saturated rings. The largest absolute Gasteiger partial charge is 0.375 e. The van der Waals surface area contributed by atoms with E-state index in [4.69, 9.17) is 4.74 Å². The maximum absolute atomic E-state index is 12.7. The summed E-state index contributed by atoms with van der Waals surface area (Å²) in [5.74, 6) is 0.698. The Morgan fingerprint density at radius 2 is 1.97 bits per heavy atom. The van der Waals surface area contributed by atoms with E-state index in [0.29, 0.717) is 34.7 Å². The predicted octanol–water partition coefficient (Wildman–Crippen LogP) is 2.41. The van der Waals surface area contributed by atoms with Gasteiger partial charge in [-0.3, -0.25) is 9.69 Å². The highest BCUT2D eigenvalue weighted by Crippen LogP contribution is 2.37. The zero-order valence-corrected chi connectivity index (χ0v) is 21.3. The molecule has 2 saturated heterocycles. The normalized spacial score (nSPS) is 25.5. The summed E-state index contributed by atoms with van der Waals surface area (Å²) in [5.41, 5.74) is 0.461. The lowest BCUT2D eigenvalue weighted by Gasteiger charge is -2.43. The highest BCUT2D eigenvalue weighted by atomic mass is 32.1. The zero-order valence-electron chi connectivity index (χ0n) is 20.5. The number of carbonyl (C=O) groups is 1. The van der Waals surface area contributed by atoms with Crippen molar-refractivity contribution in [1.82, 2.24) is 30.3 Å². The Morgan fingerprint density at radius 1 is 1.14 bits per heavy atom. The first-order valence-corrected chi connectivity index (χ1v) is 13.4. The van der Waals surface area contributed by atoms with E-state index in [1.807, 2.05) is 0 Å². The third kappa shape index (κ3) is 6.42. The van der Waals surface area contributed by atoms with Crippen molar-refractivity contribution in [1.29, 1.82) is 0 Å². The van der Waals surface area contributed by atoms with Crippen molar-refractivity contribution in [2.24, 2.45) is 5.41 Å². The van der Waals surface area contributed by atoms with Crippen LogP contribution in [0.3, 0.4) is 0 Å². The summed E-state index contributed by atoms with van der Waals surface area (Å²) in [7, 11) is 0. The SMILES string of the molecule is CC1(C)CCC(N2CCOC(CC(=O)Nc3nnc(N[C@@H]4CCN(c5cncnn5)C4)s3)C2)CC1. The van der Waals surface area contributed by atoms with Gasteiger partial charge in [0, 0.05) is 38.3 Å². The Bertz CT molecular complexity index is 978. The minimum Gasteiger partial charge on any atom is -0.375 e. The van der Waals surface area contributed by atoms with Gasteiger partial charge in [0.05, 0.1) is 25.3 Å². The maximum atomic E-state index is 12.7. The van der Waals surface area contributed by atoms with Crippen molar-refractivity contribution in [3.8, 4) is 0 Å². The van der Waals surface area contributed by atoms with Gasteiger partial charge in [-0.1, -0.05) is 25.2 Å². The number of hydrogen-bond donors (Lipinski definition) is 2. The lowest BCUT2D eigenvalue weighted by molar-refractivity contribution is -0.122. The molecule has 190 valence electrons. The van der Waals surface area contributed by atoms with Crippen LogP contribution < -0.4 is 15.5 Å². The molecule has 2 aromatic heterocycles. The van der Waals surface area contributed by atoms with Crippen molar-refractivity contribution in [3.63, 3.8) is 0 Å². The van der Waals surface area contributed by atoms with Gasteiger partial charge in [-0.25, -0.2) is 4.98 Å². The van der Waals surface area contributed by atoms with Gasteiger partial charge in [-0.15, -0.1) is 20.4 Å². The lowest BCUT2D eigenvalue weighted by atomic mass is 9.75. The first-order valence-electron chi connectivity index (χ1n) is 12.6. The van der Waals surface area contributed by atoms with E-state index >= 15 is 0 Å². The summed E-state index contributed by atoms with van der Waals surface area (Å²) in [6, 6.07) is 0.839. The zero-order chi connectivity index (χ0) is 24.3. The number of nitrogens with zero attached hydrogens (tertiary/aromatic N) is 7. The fourth-order valence-electron chi connectivity index (χ4n) is 5.30. The molecule has 0 spiro atoms. The first-order chi connectivity index (χ1) is 16.9. The van der Waals surface area contributed by atoms with Gasteiger partial charge in [0.2, 0.25) is 16.2 Å². The van der Waals surface area contributed by atoms with Crippen LogP contribution in [-0.4, -0.2) is 87.2 Å². The van der Waals surface area contributed by atoms with Gasteiger partial charge in [-0.2, -0.15) is 0 Å². The molecule has 3 aliphatic rings. The second-order valence-electron chi connectivity index (χ2n) is 10.6. The van der Waals surface area contributed by atoms with Gasteiger partial charge in [0.15, 0.2) is 5.82 Å². The van der Waals surface area contributed by atoms with E-state index in [1.165, 1.54) is 43.3 Å². The summed E-state index contributed by atoms with van der Waals surface area (Å²) in [5, 5.41) is 23.9. The van der Waals surface area contributed by atoms with Crippen molar-refractivity contribution < 1.29 is 9.53 Å². The maximum Gasteiger partial charge on any atom is 0.228 e. The Labute approximate surface area is 210 Å². The third-order valence-electron chi connectivity index (χ3n) is 7.39. The van der Waals surface area contributed by atoms with Crippen LogP contribution in [0.25, 0.3) is 0 Å². The second kappa shape index (κ2) is 10.7. The van der Waals surface area contributed by atoms with Crippen LogP contribution in [-0.2, 0) is 9.53 Å². The standard InChI is InChI=1S/C23H35N9O2S/c1-23(2)6-3-17(4-7-23)31-9-10-34-18(14-31)11-20(33)27-22-30-29-21(35-22)26-16-5-8-32(13-16)19-12-24-15-25-28-19/h12,15-18H,3-11,13-14H2,1-2H3,(H,26,29)(H,27,30,33)/t16-,18?/m1/s1. The number of hydrogen-bond acceptors (Lipinski definition) is 11. The molecule has 2 aliphatic heterocycles. The number of carbonyl (C=O) groups excluding carboxylic acids is 1. The van der Waals surface area contributed by atoms with Crippen LogP contribution in [0.4, 0.5) is 16.1 Å². The molecule has 2 atom stereocenters. The highest BCUT2D eigenvalue weighted by Gasteiger charge is 2.33. The minimum atomic E-state index is -0.0794. The molecule has 0 bridgehead atoms. The summed E-state index contributed by atoms with van der Waals surface area (Å²) < 4.78 is 5.92. The Kier molecular flexibility index (Phi) is 7.40. The Morgan fingerprint density at radius 3 is 2.77 bits per heavy atom. The molecule has 1 aliphatic carbocycles. The summed E-state index contributed by atoms with van der Waals surface area (Å²) in [6.45, 7) is 8.86. The smallest absolute Gasteiger partial charge is 0.228 e. The summed E-state index contributed by atoms with van der Waals surface area (Å²) >= 11 is 1.35. The lowest BCUT2D eigenvalue weighted by Crippen LogP contribution is -2.50. The molecule has 1 amide bonds. The molecule has 5 rings (SSSR count). The quantitative estimate of drug-likeness (QED) is 0.585. The average molecular weight is 502 g/mol. The van der Waals surface area contributed by atoms with Crippen molar-refractivity contribution in [2.45, 2.75) is 70.6 Å². The van der Waals surface area contributed by atoms with Crippen LogP contribution in [0.2, 0.25) is 0 Å². The molecule has 12 heteroatoms. The van der Waals surface area contributed by atoms with Crippen molar-refractivity contribution in [2.75, 3.05) is 48.3 Å². The Hall–Kier alpha value is -2.44. The third-order valence-corrected chi connectivity index (χ3v) is 8.16. The highest BCUT2D eigenvalue weighted by molar-refractivity contribution is 7.19. The van der Waals surface area contributed by atoms with Gasteiger partial charge in [0.1, 0.15) is 6.33 Å². The summed E-state index contributed by atoms with van der Waals surface area (Å²) in [4.78, 5) is 21.4. The molecule has 1 unspecified atom stereocenters. The summed E-state index contributed by atoms with van der Waals surface area (Å²) in [6.07, 6.45) is 9.37. The number of ether oxygens (including phenoxy) is 1. The van der Waals surface area contributed by atoms with Gasteiger partial charge in [-0.05, 0) is 37.5 Å². The molecule has 1 saturated carbocycles. The van der Waals surface area contributed by atoms with E-state index in [1.54, 1.807) is 6.20 Å². The van der Waals surface area contributed by atoms with Crippen molar-refractivity contribution >= 4 is 33.3 Å². The monoisotopic (exact) mass is 501 g/mol. The van der Waals surface area contributed by atoms with Crippen molar-refractivity contribution in [3.05, 3.63) is 12.5 Å². The fraction of sp³-hybridized carbons (Fsp3) is 0.739. The van der Waals surface area contributed by atoms with E-state index in [2.05, 4.69) is 59.7 Å². The number of morpholine rings is 1. The van der Waals surface area contributed by atoms with E-state index < -0.39 is 0 Å². The molecule has 4 heterocycles. The Balaban J connectivity index is 1.06. The second-order valence-corrected chi connectivity index (χ2v) is 11.6. The average Bonchev–Trinajstić information content (AvgIpc) is 3.49. The number of rotatable bonds is 7. The van der Waals surface area contributed by atoms with Crippen LogP contribution in [0, 0.1) is 5.41 Å². The van der Waals surface area contributed by atoms with Gasteiger partial charge in [0.25, 0.3) is 0 Å². The molecular weight excluding hydrogens is 466 g/mol. The van der Waals surface area contributed by atoms with E-state index in [9.17, 15) is 4.79 Å². The molecule has 2 N–H and O–H groups in total. The van der Waals surface area contributed by atoms with Gasteiger partial charge >= 0.3 is 0 Å². The molecule has 0 aromatic carbocycles. The van der Waals surface area contributed by atoms with Crippen LogP contribution >= 0.6 is 11.3 Å². The number of amides is 1. The van der Waals surface area contributed by atoms with Crippen LogP contribution in [0.15, 0.2) is 12.5 Å².